The fourth-order valence-corrected chi connectivity index (χ4v) is 2.33. The Bertz CT molecular complexity index is 420. The van der Waals surface area contributed by atoms with Crippen LogP contribution in [0.25, 0.3) is 0 Å². The van der Waals surface area contributed by atoms with Crippen LogP contribution in [0.2, 0.25) is 0 Å². The second kappa shape index (κ2) is 5.98. The van der Waals surface area contributed by atoms with E-state index in [9.17, 15) is 4.79 Å². The van der Waals surface area contributed by atoms with Gasteiger partial charge in [0.25, 0.3) is 0 Å². The summed E-state index contributed by atoms with van der Waals surface area (Å²) in [5.74, 6) is -0.0110. The zero-order chi connectivity index (χ0) is 13.0. The Morgan fingerprint density at radius 2 is 2.33 bits per heavy atom. The largest absolute Gasteiger partial charge is 0.396 e. The maximum atomic E-state index is 12.2. The summed E-state index contributed by atoms with van der Waals surface area (Å²) in [7, 11) is 0. The van der Waals surface area contributed by atoms with E-state index < -0.39 is 0 Å². The van der Waals surface area contributed by atoms with Gasteiger partial charge < -0.3 is 15.7 Å². The summed E-state index contributed by atoms with van der Waals surface area (Å²) >= 11 is 0. The second-order valence-corrected chi connectivity index (χ2v) is 4.76. The van der Waals surface area contributed by atoms with E-state index in [0.717, 1.165) is 18.5 Å². The molecule has 0 fully saturated rings. The van der Waals surface area contributed by atoms with Crippen molar-refractivity contribution in [1.29, 1.82) is 0 Å². The van der Waals surface area contributed by atoms with Crippen LogP contribution in [-0.4, -0.2) is 30.2 Å². The minimum Gasteiger partial charge on any atom is -0.396 e. The summed E-state index contributed by atoms with van der Waals surface area (Å²) in [6.45, 7) is 2.82. The number of aliphatic hydroxyl groups excluding tert-OH is 1. The normalized spacial score (nSPS) is 20.0. The summed E-state index contributed by atoms with van der Waals surface area (Å²) < 4.78 is 0. The van der Waals surface area contributed by atoms with Gasteiger partial charge >= 0.3 is 0 Å². The van der Waals surface area contributed by atoms with Crippen LogP contribution in [0.5, 0.6) is 0 Å². The van der Waals surface area contributed by atoms with Crippen molar-refractivity contribution in [2.75, 3.05) is 13.2 Å². The highest BCUT2D eigenvalue weighted by atomic mass is 16.3. The van der Waals surface area contributed by atoms with Crippen molar-refractivity contribution in [2.45, 2.75) is 31.8 Å². The number of hydrogen-bond donors (Lipinski definition) is 3. The highest BCUT2D eigenvalue weighted by molar-refractivity contribution is 5.84. The molecule has 2 unspecified atom stereocenters. The maximum absolute atomic E-state index is 12.2. The minimum absolute atomic E-state index is 0.00149. The SMILES string of the molecule is CC(CCO)NC(=O)C1NCCc2ccccc21. The zero-order valence-corrected chi connectivity index (χ0v) is 10.6. The molecule has 0 saturated heterocycles. The van der Waals surface area contributed by atoms with E-state index in [0.29, 0.717) is 6.42 Å². The van der Waals surface area contributed by atoms with Crippen LogP contribution in [-0.2, 0) is 11.2 Å². The van der Waals surface area contributed by atoms with Gasteiger partial charge in [-0.05, 0) is 30.9 Å². The van der Waals surface area contributed by atoms with Gasteiger partial charge in [-0.2, -0.15) is 0 Å². The van der Waals surface area contributed by atoms with E-state index in [1.165, 1.54) is 5.56 Å². The van der Waals surface area contributed by atoms with Gasteiger partial charge in [-0.15, -0.1) is 0 Å². The number of fused-ring (bicyclic) bond motifs is 1. The summed E-state index contributed by atoms with van der Waals surface area (Å²) in [4.78, 5) is 12.2. The molecule has 1 aromatic carbocycles. The number of carbonyl (C=O) groups is 1. The number of benzene rings is 1. The minimum atomic E-state index is -0.268. The molecular formula is C14H20N2O2. The molecule has 1 aliphatic heterocycles. The van der Waals surface area contributed by atoms with Gasteiger partial charge in [-0.1, -0.05) is 24.3 Å². The summed E-state index contributed by atoms with van der Waals surface area (Å²) in [5.41, 5.74) is 2.31. The standard InChI is InChI=1S/C14H20N2O2/c1-10(7-9-17)16-14(18)13-12-5-3-2-4-11(12)6-8-15-13/h2-5,10,13,15,17H,6-9H2,1H3,(H,16,18). The quantitative estimate of drug-likeness (QED) is 0.737. The lowest BCUT2D eigenvalue weighted by molar-refractivity contribution is -0.124. The molecule has 0 saturated carbocycles. The van der Waals surface area contributed by atoms with Gasteiger partial charge in [-0.3, -0.25) is 4.79 Å². The molecular weight excluding hydrogens is 228 g/mol. The van der Waals surface area contributed by atoms with Crippen molar-refractivity contribution in [3.05, 3.63) is 35.4 Å². The molecule has 2 atom stereocenters. The van der Waals surface area contributed by atoms with Crippen LogP contribution in [0, 0.1) is 0 Å². The van der Waals surface area contributed by atoms with E-state index >= 15 is 0 Å². The van der Waals surface area contributed by atoms with E-state index in [1.807, 2.05) is 25.1 Å². The molecule has 0 radical (unpaired) electrons. The first kappa shape index (κ1) is 13.1. The van der Waals surface area contributed by atoms with Gasteiger partial charge in [0, 0.05) is 19.2 Å². The zero-order valence-electron chi connectivity index (χ0n) is 10.6. The topological polar surface area (TPSA) is 61.4 Å². The number of hydrogen-bond acceptors (Lipinski definition) is 3. The van der Waals surface area contributed by atoms with Crippen LogP contribution in [0.4, 0.5) is 0 Å². The van der Waals surface area contributed by atoms with Gasteiger partial charge in [0.15, 0.2) is 0 Å². The van der Waals surface area contributed by atoms with Gasteiger partial charge in [-0.25, -0.2) is 0 Å². The number of carbonyl (C=O) groups excluding carboxylic acids is 1. The molecule has 18 heavy (non-hydrogen) atoms. The first-order chi connectivity index (χ1) is 8.72. The molecule has 1 aliphatic rings. The van der Waals surface area contributed by atoms with Crippen molar-refractivity contribution >= 4 is 5.91 Å². The van der Waals surface area contributed by atoms with Crippen molar-refractivity contribution in [2.24, 2.45) is 0 Å². The Morgan fingerprint density at radius 3 is 3.11 bits per heavy atom. The highest BCUT2D eigenvalue weighted by Gasteiger charge is 2.26. The number of nitrogens with one attached hydrogen (secondary N) is 2. The van der Waals surface area contributed by atoms with Crippen molar-refractivity contribution in [3.63, 3.8) is 0 Å². The lowest BCUT2D eigenvalue weighted by Crippen LogP contribution is -2.44. The molecule has 98 valence electrons. The Kier molecular flexibility index (Phi) is 4.33. The third-order valence-electron chi connectivity index (χ3n) is 3.32. The molecule has 0 bridgehead atoms. The molecule has 0 aliphatic carbocycles. The second-order valence-electron chi connectivity index (χ2n) is 4.76. The molecule has 4 nitrogen and oxygen atoms in total. The Labute approximate surface area is 107 Å². The molecule has 4 heteroatoms. The third kappa shape index (κ3) is 2.89. The predicted octanol–water partition coefficient (Wildman–Crippen LogP) is 0.760. The summed E-state index contributed by atoms with van der Waals surface area (Å²) in [6, 6.07) is 7.78. The lowest BCUT2D eigenvalue weighted by atomic mass is 9.94. The molecule has 3 N–H and O–H groups in total. The fourth-order valence-electron chi connectivity index (χ4n) is 2.33. The Morgan fingerprint density at radius 1 is 1.56 bits per heavy atom. The number of amides is 1. The van der Waals surface area contributed by atoms with E-state index in [1.54, 1.807) is 0 Å². The smallest absolute Gasteiger partial charge is 0.241 e. The fraction of sp³-hybridized carbons (Fsp3) is 0.500. The van der Waals surface area contributed by atoms with Crippen LogP contribution >= 0.6 is 0 Å². The molecule has 2 rings (SSSR count). The number of aliphatic hydroxyl groups is 1. The highest BCUT2D eigenvalue weighted by Crippen LogP contribution is 2.22. The van der Waals surface area contributed by atoms with Crippen molar-refractivity contribution in [1.82, 2.24) is 10.6 Å². The predicted molar refractivity (Wildman–Crippen MR) is 70.2 cm³/mol. The molecule has 1 heterocycles. The Balaban J connectivity index is 2.08. The summed E-state index contributed by atoms with van der Waals surface area (Å²) in [5, 5.41) is 15.0. The lowest BCUT2D eigenvalue weighted by Gasteiger charge is -2.27. The van der Waals surface area contributed by atoms with E-state index in [4.69, 9.17) is 5.11 Å². The summed E-state index contributed by atoms with van der Waals surface area (Å²) in [6.07, 6.45) is 1.55. The van der Waals surface area contributed by atoms with Gasteiger partial charge in [0.1, 0.15) is 6.04 Å². The van der Waals surface area contributed by atoms with Crippen molar-refractivity contribution < 1.29 is 9.90 Å². The molecule has 1 amide bonds. The van der Waals surface area contributed by atoms with Crippen LogP contribution < -0.4 is 10.6 Å². The third-order valence-corrected chi connectivity index (χ3v) is 3.32. The maximum Gasteiger partial charge on any atom is 0.241 e. The molecule has 0 spiro atoms. The first-order valence-corrected chi connectivity index (χ1v) is 6.45. The number of rotatable bonds is 4. The first-order valence-electron chi connectivity index (χ1n) is 6.45. The molecule has 1 aromatic rings. The monoisotopic (exact) mass is 248 g/mol. The molecule has 0 aromatic heterocycles. The van der Waals surface area contributed by atoms with Gasteiger partial charge in [0.05, 0.1) is 0 Å². The van der Waals surface area contributed by atoms with Gasteiger partial charge in [0.2, 0.25) is 5.91 Å². The van der Waals surface area contributed by atoms with E-state index in [-0.39, 0.29) is 24.6 Å². The Hall–Kier alpha value is -1.39. The van der Waals surface area contributed by atoms with E-state index in [2.05, 4.69) is 16.7 Å². The van der Waals surface area contributed by atoms with Crippen LogP contribution in [0.15, 0.2) is 24.3 Å². The van der Waals surface area contributed by atoms with Crippen LogP contribution in [0.1, 0.15) is 30.5 Å². The average Bonchev–Trinajstić information content (AvgIpc) is 2.38. The van der Waals surface area contributed by atoms with Crippen molar-refractivity contribution in [3.8, 4) is 0 Å². The van der Waals surface area contributed by atoms with Crippen LogP contribution in [0.3, 0.4) is 0 Å². The average molecular weight is 248 g/mol.